The summed E-state index contributed by atoms with van der Waals surface area (Å²) in [4.78, 5) is 7.81. The van der Waals surface area contributed by atoms with Crippen LogP contribution in [0, 0.1) is 10.8 Å². The van der Waals surface area contributed by atoms with Gasteiger partial charge in [0.25, 0.3) is 0 Å². The minimum Gasteiger partial charge on any atom is -0.472 e. The average Bonchev–Trinajstić information content (AvgIpc) is 3.35. The smallest absolute Gasteiger partial charge is 0.0947 e. The second kappa shape index (κ2) is 10.4. The van der Waals surface area contributed by atoms with Gasteiger partial charge in [-0.3, -0.25) is 4.90 Å². The standard InChI is InChI=1S/C31H47N3O2/c1-30(2)19-25(20-31(3,4)23-30)28-18-26(33-11-8-27(35-5)9-12-33)6-7-29(28)34-15-13-32(14-16-34)21-24-10-17-36-22-24/h6-7,10,17-18,22,25,27H,8-9,11-16,19-21,23H2,1-5H3. The number of anilines is 2. The first kappa shape index (κ1) is 25.7. The summed E-state index contributed by atoms with van der Waals surface area (Å²) < 4.78 is 10.9. The van der Waals surface area contributed by atoms with Crippen molar-refractivity contribution in [2.45, 2.75) is 78.4 Å². The molecule has 0 bridgehead atoms. The van der Waals surface area contributed by atoms with Crippen molar-refractivity contribution in [1.82, 2.24) is 4.90 Å². The SMILES string of the molecule is COC1CCN(c2ccc(N3CCN(Cc4ccoc4)CC3)c(C3CC(C)(C)CC(C)(C)C3)c2)CC1. The van der Waals surface area contributed by atoms with Gasteiger partial charge < -0.3 is 19.0 Å². The maximum atomic E-state index is 5.64. The highest BCUT2D eigenvalue weighted by molar-refractivity contribution is 5.64. The van der Waals surface area contributed by atoms with Crippen LogP contribution in [0.1, 0.15) is 76.8 Å². The molecule has 2 aromatic rings. The van der Waals surface area contributed by atoms with Gasteiger partial charge in [0.1, 0.15) is 0 Å². The largest absolute Gasteiger partial charge is 0.472 e. The van der Waals surface area contributed by atoms with Crippen LogP contribution in [0.3, 0.4) is 0 Å². The third-order valence-electron chi connectivity index (χ3n) is 8.85. The molecule has 0 N–H and O–H groups in total. The molecular formula is C31H47N3O2. The van der Waals surface area contributed by atoms with Gasteiger partial charge in [0, 0.05) is 69.9 Å². The van der Waals surface area contributed by atoms with E-state index in [0.717, 1.165) is 58.7 Å². The molecule has 2 aliphatic heterocycles. The van der Waals surface area contributed by atoms with Crippen LogP contribution in [0.15, 0.2) is 41.2 Å². The molecule has 3 aliphatic rings. The second-order valence-electron chi connectivity index (χ2n) is 13.2. The molecule has 5 rings (SSSR count). The molecule has 2 saturated heterocycles. The molecule has 5 heteroatoms. The summed E-state index contributed by atoms with van der Waals surface area (Å²) in [5, 5.41) is 0. The summed E-state index contributed by atoms with van der Waals surface area (Å²) in [5.41, 5.74) is 6.50. The summed E-state index contributed by atoms with van der Waals surface area (Å²) in [5.74, 6) is 0.610. The van der Waals surface area contributed by atoms with Crippen LogP contribution < -0.4 is 9.80 Å². The zero-order valence-corrected chi connectivity index (χ0v) is 23.3. The Hall–Kier alpha value is -1.98. The molecular weight excluding hydrogens is 446 g/mol. The number of methoxy groups -OCH3 is 1. The number of piperazine rings is 1. The van der Waals surface area contributed by atoms with Crippen LogP contribution in [0.4, 0.5) is 11.4 Å². The number of piperidine rings is 1. The molecule has 36 heavy (non-hydrogen) atoms. The van der Waals surface area contributed by atoms with Gasteiger partial charge in [-0.25, -0.2) is 0 Å². The van der Waals surface area contributed by atoms with Gasteiger partial charge in [-0.1, -0.05) is 27.7 Å². The first-order chi connectivity index (χ1) is 17.2. The molecule has 1 saturated carbocycles. The molecule has 3 heterocycles. The van der Waals surface area contributed by atoms with E-state index >= 15 is 0 Å². The number of hydrogen-bond donors (Lipinski definition) is 0. The monoisotopic (exact) mass is 493 g/mol. The molecule has 1 aromatic heterocycles. The Bertz CT molecular complexity index is 967. The first-order valence-corrected chi connectivity index (χ1v) is 14.1. The predicted molar refractivity (Wildman–Crippen MR) is 149 cm³/mol. The fourth-order valence-corrected chi connectivity index (χ4v) is 7.56. The normalized spacial score (nSPS) is 23.8. The zero-order valence-electron chi connectivity index (χ0n) is 23.3. The lowest BCUT2D eigenvalue weighted by molar-refractivity contribution is 0.0819. The van der Waals surface area contributed by atoms with Crippen molar-refractivity contribution in [2.75, 3.05) is 56.2 Å². The summed E-state index contributed by atoms with van der Waals surface area (Å²) in [6, 6.07) is 9.50. The van der Waals surface area contributed by atoms with Gasteiger partial charge in [0.2, 0.25) is 0 Å². The topological polar surface area (TPSA) is 32.1 Å². The van der Waals surface area contributed by atoms with Crippen molar-refractivity contribution in [1.29, 1.82) is 0 Å². The van der Waals surface area contributed by atoms with Crippen molar-refractivity contribution in [3.05, 3.63) is 47.9 Å². The molecule has 0 unspecified atom stereocenters. The van der Waals surface area contributed by atoms with Crippen LogP contribution >= 0.6 is 0 Å². The van der Waals surface area contributed by atoms with E-state index in [-0.39, 0.29) is 0 Å². The predicted octanol–water partition coefficient (Wildman–Crippen LogP) is 6.54. The van der Waals surface area contributed by atoms with Crippen molar-refractivity contribution < 1.29 is 9.15 Å². The number of ether oxygens (including phenoxy) is 1. The maximum Gasteiger partial charge on any atom is 0.0947 e. The zero-order chi connectivity index (χ0) is 25.3. The Balaban J connectivity index is 1.38. The van der Waals surface area contributed by atoms with Gasteiger partial charge in [-0.15, -0.1) is 0 Å². The van der Waals surface area contributed by atoms with Crippen molar-refractivity contribution in [3.63, 3.8) is 0 Å². The van der Waals surface area contributed by atoms with Crippen LogP contribution in [-0.4, -0.2) is 57.4 Å². The maximum absolute atomic E-state index is 5.64. The van der Waals surface area contributed by atoms with E-state index in [1.807, 2.05) is 13.4 Å². The number of benzene rings is 1. The summed E-state index contributed by atoms with van der Waals surface area (Å²) in [6.07, 6.45) is 10.2. The minimum absolute atomic E-state index is 0.375. The summed E-state index contributed by atoms with van der Waals surface area (Å²) in [7, 11) is 1.86. The lowest BCUT2D eigenvalue weighted by Crippen LogP contribution is -2.46. The van der Waals surface area contributed by atoms with E-state index in [1.165, 1.54) is 36.2 Å². The van der Waals surface area contributed by atoms with Crippen LogP contribution in [0.2, 0.25) is 0 Å². The number of rotatable bonds is 6. The van der Waals surface area contributed by atoms with E-state index in [9.17, 15) is 0 Å². The van der Waals surface area contributed by atoms with Crippen LogP contribution in [0.25, 0.3) is 0 Å². The Morgan fingerprint density at radius 1 is 0.889 bits per heavy atom. The molecule has 1 aliphatic carbocycles. The molecule has 1 aromatic carbocycles. The fourth-order valence-electron chi connectivity index (χ4n) is 7.56. The van der Waals surface area contributed by atoms with Crippen molar-refractivity contribution in [2.24, 2.45) is 10.8 Å². The van der Waals surface area contributed by atoms with Gasteiger partial charge in [-0.2, -0.15) is 0 Å². The van der Waals surface area contributed by atoms with Crippen molar-refractivity contribution in [3.8, 4) is 0 Å². The van der Waals surface area contributed by atoms with E-state index in [4.69, 9.17) is 9.15 Å². The number of nitrogens with zero attached hydrogens (tertiary/aromatic N) is 3. The molecule has 0 atom stereocenters. The summed E-state index contributed by atoms with van der Waals surface area (Å²) >= 11 is 0. The lowest BCUT2D eigenvalue weighted by Gasteiger charge is -2.46. The third-order valence-corrected chi connectivity index (χ3v) is 8.85. The molecule has 0 radical (unpaired) electrons. The van der Waals surface area contributed by atoms with Crippen LogP contribution in [0.5, 0.6) is 0 Å². The molecule has 198 valence electrons. The lowest BCUT2D eigenvalue weighted by atomic mass is 9.60. The Kier molecular flexibility index (Phi) is 7.42. The number of furan rings is 1. The quantitative estimate of drug-likeness (QED) is 0.456. The minimum atomic E-state index is 0.375. The highest BCUT2D eigenvalue weighted by Gasteiger charge is 2.40. The Labute approximate surface area is 218 Å². The molecule has 3 fully saturated rings. The van der Waals surface area contributed by atoms with Crippen molar-refractivity contribution >= 4 is 11.4 Å². The Morgan fingerprint density at radius 3 is 2.19 bits per heavy atom. The second-order valence-corrected chi connectivity index (χ2v) is 13.2. The highest BCUT2D eigenvalue weighted by Crippen LogP contribution is 2.53. The third kappa shape index (κ3) is 5.94. The number of hydrogen-bond acceptors (Lipinski definition) is 5. The highest BCUT2D eigenvalue weighted by atomic mass is 16.5. The Morgan fingerprint density at radius 2 is 1.58 bits per heavy atom. The van der Waals surface area contributed by atoms with E-state index < -0.39 is 0 Å². The summed E-state index contributed by atoms with van der Waals surface area (Å²) in [6.45, 7) is 17.4. The molecule has 5 nitrogen and oxygen atoms in total. The molecule has 0 amide bonds. The van der Waals surface area contributed by atoms with E-state index in [0.29, 0.717) is 22.9 Å². The van der Waals surface area contributed by atoms with E-state index in [1.54, 1.807) is 11.8 Å². The van der Waals surface area contributed by atoms with Crippen LogP contribution in [-0.2, 0) is 11.3 Å². The van der Waals surface area contributed by atoms with Gasteiger partial charge in [-0.05, 0) is 78.7 Å². The van der Waals surface area contributed by atoms with Gasteiger partial charge in [0.15, 0.2) is 0 Å². The molecule has 0 spiro atoms. The van der Waals surface area contributed by atoms with Gasteiger partial charge >= 0.3 is 0 Å². The average molecular weight is 494 g/mol. The first-order valence-electron chi connectivity index (χ1n) is 14.1. The fraction of sp³-hybridized carbons (Fsp3) is 0.677. The van der Waals surface area contributed by atoms with Gasteiger partial charge in [0.05, 0.1) is 18.6 Å². The van der Waals surface area contributed by atoms with E-state index in [2.05, 4.69) is 66.7 Å².